The first-order valence-corrected chi connectivity index (χ1v) is 15.5. The van der Waals surface area contributed by atoms with Gasteiger partial charge in [-0.05, 0) is 61.1 Å². The van der Waals surface area contributed by atoms with Gasteiger partial charge in [0.15, 0.2) is 5.82 Å². The molecule has 2 N–H and O–H groups in total. The van der Waals surface area contributed by atoms with Gasteiger partial charge in [-0.15, -0.1) is 11.3 Å². The average Bonchev–Trinajstić information content (AvgIpc) is 3.61. The molecule has 4 saturated heterocycles. The molecule has 8 nitrogen and oxygen atoms in total. The lowest BCUT2D eigenvalue weighted by molar-refractivity contribution is -0.0161. The van der Waals surface area contributed by atoms with Crippen LogP contribution in [0.25, 0.3) is 31.4 Å². The van der Waals surface area contributed by atoms with E-state index >= 15 is 0 Å². The number of nitrogens with zero attached hydrogens (tertiary/aromatic N) is 4. The molecule has 4 aliphatic heterocycles. The summed E-state index contributed by atoms with van der Waals surface area (Å²) in [6.07, 6.45) is 5.87. The third-order valence-electron chi connectivity index (χ3n) is 9.14. The fourth-order valence-electron chi connectivity index (χ4n) is 7.26. The number of ether oxygens (including phenoxy) is 2. The molecule has 2 aromatic heterocycles. The number of hydrogen-bond donors (Lipinski definition) is 2. The van der Waals surface area contributed by atoms with Gasteiger partial charge in [-0.3, -0.25) is 4.90 Å². The van der Waals surface area contributed by atoms with Crippen LogP contribution in [0, 0.1) is 0 Å². The molecular formula is C31H35N5O3S. The number of phenolic OH excluding ortho intramolecular Hbond substituents is 1. The minimum Gasteiger partial charge on any atom is -0.508 e. The minimum atomic E-state index is 0.272. The Hall–Kier alpha value is -2.98. The van der Waals surface area contributed by atoms with Crippen molar-refractivity contribution in [3.8, 4) is 22.2 Å². The van der Waals surface area contributed by atoms with Crippen molar-refractivity contribution in [1.82, 2.24) is 20.2 Å². The van der Waals surface area contributed by atoms with Gasteiger partial charge in [0.2, 0.25) is 0 Å². The van der Waals surface area contributed by atoms with E-state index in [1.165, 1.54) is 25.7 Å². The standard InChI is InChI=1S/C31H35N5O3S/c37-24-12-19-4-1-2-5-25(19)26(13-24)28-14-27-29(40-28)30(35-15-20-6-7-21(16-35)32-20)34-31(33-27)39-11-3-10-36-22-8-9-23(36)18-38-17-22/h1-2,4-5,12-14,20-23,32,37H,3,6-11,15-18H2/t20-,21+,22?,23?. The van der Waals surface area contributed by atoms with Gasteiger partial charge in [0.1, 0.15) is 5.75 Å². The van der Waals surface area contributed by atoms with Crippen LogP contribution >= 0.6 is 11.3 Å². The summed E-state index contributed by atoms with van der Waals surface area (Å²) in [4.78, 5) is 16.1. The number of hydrogen-bond acceptors (Lipinski definition) is 9. The molecule has 8 rings (SSSR count). The van der Waals surface area contributed by atoms with Crippen molar-refractivity contribution < 1.29 is 14.6 Å². The predicted molar refractivity (Wildman–Crippen MR) is 159 cm³/mol. The van der Waals surface area contributed by atoms with E-state index in [9.17, 15) is 5.11 Å². The number of rotatable bonds is 7. The average molecular weight is 558 g/mol. The Morgan fingerprint density at radius 3 is 2.62 bits per heavy atom. The largest absolute Gasteiger partial charge is 0.508 e. The Balaban J connectivity index is 1.11. The summed E-state index contributed by atoms with van der Waals surface area (Å²) in [5.74, 6) is 1.25. The number of anilines is 1. The summed E-state index contributed by atoms with van der Waals surface area (Å²) in [7, 11) is 0. The number of thiophene rings is 1. The van der Waals surface area contributed by atoms with E-state index in [0.717, 1.165) is 76.5 Å². The van der Waals surface area contributed by atoms with Crippen LogP contribution in [0.3, 0.4) is 0 Å². The molecule has 4 fully saturated rings. The van der Waals surface area contributed by atoms with Gasteiger partial charge < -0.3 is 24.8 Å². The molecule has 6 heterocycles. The van der Waals surface area contributed by atoms with Gasteiger partial charge in [-0.1, -0.05) is 24.3 Å². The van der Waals surface area contributed by atoms with Crippen LogP contribution in [0.1, 0.15) is 32.1 Å². The highest BCUT2D eigenvalue weighted by molar-refractivity contribution is 7.22. The predicted octanol–water partition coefficient (Wildman–Crippen LogP) is 4.79. The van der Waals surface area contributed by atoms with Gasteiger partial charge in [0, 0.05) is 54.2 Å². The van der Waals surface area contributed by atoms with Gasteiger partial charge in [0.25, 0.3) is 0 Å². The zero-order valence-corrected chi connectivity index (χ0v) is 23.4. The first kappa shape index (κ1) is 24.8. The highest BCUT2D eigenvalue weighted by Crippen LogP contribution is 2.42. The second kappa shape index (κ2) is 10.1. The van der Waals surface area contributed by atoms with Gasteiger partial charge in [0.05, 0.1) is 30.0 Å². The summed E-state index contributed by atoms with van der Waals surface area (Å²) in [5, 5.41) is 16.4. The summed E-state index contributed by atoms with van der Waals surface area (Å²) in [6, 6.07) is 16.6. The summed E-state index contributed by atoms with van der Waals surface area (Å²) in [5.41, 5.74) is 1.93. The Bertz CT molecular complexity index is 1530. The van der Waals surface area contributed by atoms with Crippen molar-refractivity contribution in [2.24, 2.45) is 0 Å². The molecule has 0 spiro atoms. The SMILES string of the molecule is Oc1cc(-c2cc3nc(OCCCN4C5CCC4COC5)nc(N4C[C@H]5CC[C@@H](C4)N5)c3s2)c2ccccc2c1. The van der Waals surface area contributed by atoms with Crippen molar-refractivity contribution in [2.75, 3.05) is 44.4 Å². The molecule has 0 radical (unpaired) electrons. The Morgan fingerprint density at radius 1 is 1.00 bits per heavy atom. The smallest absolute Gasteiger partial charge is 0.319 e. The molecule has 0 aliphatic carbocycles. The van der Waals surface area contributed by atoms with Crippen LogP contribution in [0.4, 0.5) is 5.82 Å². The lowest BCUT2D eigenvalue weighted by Crippen LogP contribution is -2.51. The van der Waals surface area contributed by atoms with E-state index in [-0.39, 0.29) is 5.75 Å². The van der Waals surface area contributed by atoms with E-state index < -0.39 is 0 Å². The molecule has 0 saturated carbocycles. The zero-order chi connectivity index (χ0) is 26.6. The van der Waals surface area contributed by atoms with Crippen molar-refractivity contribution >= 4 is 38.1 Å². The zero-order valence-electron chi connectivity index (χ0n) is 22.6. The molecular weight excluding hydrogens is 522 g/mol. The van der Waals surface area contributed by atoms with Crippen molar-refractivity contribution in [3.05, 3.63) is 42.5 Å². The highest BCUT2D eigenvalue weighted by atomic mass is 32.1. The number of benzene rings is 2. The topological polar surface area (TPSA) is 83.0 Å². The number of piperazine rings is 1. The molecule has 4 atom stereocenters. The first-order valence-electron chi connectivity index (χ1n) is 14.7. The maximum atomic E-state index is 10.5. The summed E-state index contributed by atoms with van der Waals surface area (Å²) < 4.78 is 13.1. The summed E-state index contributed by atoms with van der Waals surface area (Å²) in [6.45, 7) is 5.25. The van der Waals surface area contributed by atoms with E-state index in [1.807, 2.05) is 30.3 Å². The van der Waals surface area contributed by atoms with E-state index in [1.54, 1.807) is 11.3 Å². The van der Waals surface area contributed by atoms with Gasteiger partial charge in [-0.2, -0.15) is 9.97 Å². The van der Waals surface area contributed by atoms with Crippen LogP contribution in [0.15, 0.2) is 42.5 Å². The van der Waals surface area contributed by atoms with Crippen molar-refractivity contribution in [1.29, 1.82) is 0 Å². The molecule has 4 aromatic rings. The molecule has 2 unspecified atom stereocenters. The number of nitrogens with one attached hydrogen (secondary N) is 1. The summed E-state index contributed by atoms with van der Waals surface area (Å²) >= 11 is 1.71. The van der Waals surface area contributed by atoms with Crippen LogP contribution in [0.5, 0.6) is 11.8 Å². The number of phenols is 1. The number of morpholine rings is 1. The lowest BCUT2D eigenvalue weighted by Gasteiger charge is -2.34. The number of aromatic nitrogens is 2. The van der Waals surface area contributed by atoms with Crippen LogP contribution in [-0.4, -0.2) is 83.6 Å². The second-order valence-corrected chi connectivity index (χ2v) is 12.8. The van der Waals surface area contributed by atoms with Crippen LogP contribution in [0.2, 0.25) is 0 Å². The Morgan fingerprint density at radius 2 is 1.80 bits per heavy atom. The molecule has 0 amide bonds. The third kappa shape index (κ3) is 4.49. The van der Waals surface area contributed by atoms with Gasteiger partial charge in [-0.25, -0.2) is 0 Å². The maximum absolute atomic E-state index is 10.5. The van der Waals surface area contributed by atoms with E-state index in [2.05, 4.69) is 27.2 Å². The fourth-order valence-corrected chi connectivity index (χ4v) is 8.41. The lowest BCUT2D eigenvalue weighted by atomic mass is 10.0. The highest BCUT2D eigenvalue weighted by Gasteiger charge is 2.37. The first-order chi connectivity index (χ1) is 19.7. The second-order valence-electron chi connectivity index (χ2n) is 11.8. The molecule has 4 bridgehead atoms. The van der Waals surface area contributed by atoms with E-state index in [0.29, 0.717) is 36.8 Å². The Kier molecular flexibility index (Phi) is 6.28. The monoisotopic (exact) mass is 557 g/mol. The minimum absolute atomic E-state index is 0.272. The normalized spacial score (nSPS) is 26.2. The van der Waals surface area contributed by atoms with Crippen molar-refractivity contribution in [2.45, 2.75) is 56.3 Å². The van der Waals surface area contributed by atoms with Crippen LogP contribution in [-0.2, 0) is 4.74 Å². The van der Waals surface area contributed by atoms with Gasteiger partial charge >= 0.3 is 6.01 Å². The molecule has 2 aromatic carbocycles. The maximum Gasteiger partial charge on any atom is 0.319 e. The van der Waals surface area contributed by atoms with Crippen LogP contribution < -0.4 is 15.0 Å². The molecule has 9 heteroatoms. The number of aromatic hydroxyl groups is 1. The Labute approximate surface area is 237 Å². The fraction of sp³-hybridized carbons (Fsp3) is 0.484. The molecule has 208 valence electrons. The quantitative estimate of drug-likeness (QED) is 0.314. The molecule has 40 heavy (non-hydrogen) atoms. The van der Waals surface area contributed by atoms with Crippen molar-refractivity contribution in [3.63, 3.8) is 0 Å². The van der Waals surface area contributed by atoms with E-state index in [4.69, 9.17) is 19.4 Å². The number of fused-ring (bicyclic) bond motifs is 6. The third-order valence-corrected chi connectivity index (χ3v) is 10.3. The molecule has 4 aliphatic rings.